The Morgan fingerprint density at radius 3 is 2.71 bits per heavy atom. The first kappa shape index (κ1) is 8.79. The van der Waals surface area contributed by atoms with Gasteiger partial charge in [0, 0.05) is 6.20 Å². The van der Waals surface area contributed by atoms with E-state index in [0.29, 0.717) is 0 Å². The highest BCUT2D eigenvalue weighted by atomic mass is 19.4. The fourth-order valence-electron chi connectivity index (χ4n) is 1.21. The summed E-state index contributed by atoms with van der Waals surface area (Å²) in [4.78, 5) is 3.50. The van der Waals surface area contributed by atoms with E-state index < -0.39 is 11.7 Å². The minimum Gasteiger partial charge on any atom is -0.382 e. The van der Waals surface area contributed by atoms with Gasteiger partial charge >= 0.3 is 6.18 Å². The highest BCUT2D eigenvalue weighted by Crippen LogP contribution is 2.34. The third-order valence-corrected chi connectivity index (χ3v) is 1.79. The van der Waals surface area contributed by atoms with Crippen LogP contribution in [0.25, 0.3) is 5.52 Å². The molecule has 0 amide bonds. The van der Waals surface area contributed by atoms with E-state index in [0.717, 1.165) is 16.9 Å². The molecule has 0 atom stereocenters. The standard InChI is InChI=1S/C7H5F3N4/c8-7(9,10)4-1-2-14-5(4)6(11)12-3-13-14/h1-3H,(H2,11,12,13). The van der Waals surface area contributed by atoms with Gasteiger partial charge in [0.2, 0.25) is 0 Å². The van der Waals surface area contributed by atoms with Crippen molar-refractivity contribution in [2.75, 3.05) is 5.73 Å². The Hall–Kier alpha value is -1.79. The summed E-state index contributed by atoms with van der Waals surface area (Å²) in [5.41, 5.74) is 4.29. The molecule has 0 aliphatic heterocycles. The van der Waals surface area contributed by atoms with Crippen molar-refractivity contribution >= 4 is 11.3 Å². The Morgan fingerprint density at radius 2 is 2.07 bits per heavy atom. The third-order valence-electron chi connectivity index (χ3n) is 1.79. The quantitative estimate of drug-likeness (QED) is 0.701. The maximum atomic E-state index is 12.4. The SMILES string of the molecule is Nc1ncnn2ccc(C(F)(F)F)c12. The van der Waals surface area contributed by atoms with Crippen molar-refractivity contribution in [3.05, 3.63) is 24.2 Å². The van der Waals surface area contributed by atoms with Crippen LogP contribution in [0.4, 0.5) is 19.0 Å². The molecule has 2 heterocycles. The number of hydrogen-bond donors (Lipinski definition) is 1. The number of nitrogens with zero attached hydrogens (tertiary/aromatic N) is 3. The monoisotopic (exact) mass is 202 g/mol. The van der Waals surface area contributed by atoms with Crippen LogP contribution in [0.15, 0.2) is 18.6 Å². The summed E-state index contributed by atoms with van der Waals surface area (Å²) in [5, 5.41) is 3.60. The third kappa shape index (κ3) is 1.17. The van der Waals surface area contributed by atoms with E-state index in [-0.39, 0.29) is 11.3 Å². The van der Waals surface area contributed by atoms with Crippen molar-refractivity contribution in [1.82, 2.24) is 14.6 Å². The van der Waals surface area contributed by atoms with Crippen molar-refractivity contribution in [1.29, 1.82) is 0 Å². The van der Waals surface area contributed by atoms with Crippen LogP contribution in [0.2, 0.25) is 0 Å². The zero-order chi connectivity index (χ0) is 10.3. The maximum Gasteiger partial charge on any atom is 0.418 e. The molecule has 0 unspecified atom stereocenters. The molecular weight excluding hydrogens is 197 g/mol. The smallest absolute Gasteiger partial charge is 0.382 e. The van der Waals surface area contributed by atoms with Crippen LogP contribution >= 0.6 is 0 Å². The second-order valence-electron chi connectivity index (χ2n) is 2.67. The van der Waals surface area contributed by atoms with E-state index in [9.17, 15) is 13.2 Å². The average molecular weight is 202 g/mol. The van der Waals surface area contributed by atoms with Crippen LogP contribution in [0.5, 0.6) is 0 Å². The van der Waals surface area contributed by atoms with Gasteiger partial charge in [0.05, 0.1) is 5.56 Å². The highest BCUT2D eigenvalue weighted by Gasteiger charge is 2.34. The molecule has 0 radical (unpaired) electrons. The summed E-state index contributed by atoms with van der Waals surface area (Å²) in [7, 11) is 0. The summed E-state index contributed by atoms with van der Waals surface area (Å²) in [6, 6.07) is 0.917. The van der Waals surface area contributed by atoms with Gasteiger partial charge in [0.25, 0.3) is 0 Å². The van der Waals surface area contributed by atoms with Gasteiger partial charge in [0.1, 0.15) is 11.8 Å². The van der Waals surface area contributed by atoms with Gasteiger partial charge in [0.15, 0.2) is 5.82 Å². The number of fused-ring (bicyclic) bond motifs is 1. The van der Waals surface area contributed by atoms with Crippen molar-refractivity contribution in [2.45, 2.75) is 6.18 Å². The lowest BCUT2D eigenvalue weighted by atomic mass is 10.3. The Bertz CT molecular complexity index is 473. The van der Waals surface area contributed by atoms with Crippen molar-refractivity contribution < 1.29 is 13.2 Å². The molecule has 0 aliphatic rings. The molecule has 0 saturated carbocycles. The summed E-state index contributed by atoms with van der Waals surface area (Å²) in [6.45, 7) is 0. The molecule has 14 heavy (non-hydrogen) atoms. The molecule has 2 N–H and O–H groups in total. The van der Waals surface area contributed by atoms with Crippen LogP contribution in [0.1, 0.15) is 5.56 Å². The second-order valence-corrected chi connectivity index (χ2v) is 2.67. The summed E-state index contributed by atoms with van der Waals surface area (Å²) in [6.07, 6.45) is -2.15. The molecule has 0 bridgehead atoms. The molecule has 0 spiro atoms. The van der Waals surface area contributed by atoms with Gasteiger partial charge in [-0.1, -0.05) is 0 Å². The Morgan fingerprint density at radius 1 is 1.36 bits per heavy atom. The second kappa shape index (κ2) is 2.60. The normalized spacial score (nSPS) is 12.2. The molecule has 0 aromatic carbocycles. The minimum absolute atomic E-state index is 0.183. The van der Waals surface area contributed by atoms with E-state index in [1.54, 1.807) is 0 Å². The van der Waals surface area contributed by atoms with Crippen LogP contribution < -0.4 is 5.73 Å². The molecule has 0 fully saturated rings. The first-order valence-corrected chi connectivity index (χ1v) is 3.65. The fourth-order valence-corrected chi connectivity index (χ4v) is 1.21. The summed E-state index contributed by atoms with van der Waals surface area (Å²) < 4.78 is 38.3. The van der Waals surface area contributed by atoms with Gasteiger partial charge < -0.3 is 5.73 Å². The van der Waals surface area contributed by atoms with E-state index in [4.69, 9.17) is 5.73 Å². The maximum absolute atomic E-state index is 12.4. The summed E-state index contributed by atoms with van der Waals surface area (Å²) >= 11 is 0. The minimum atomic E-state index is -4.44. The zero-order valence-corrected chi connectivity index (χ0v) is 6.78. The van der Waals surface area contributed by atoms with E-state index in [1.807, 2.05) is 0 Å². The zero-order valence-electron chi connectivity index (χ0n) is 6.78. The van der Waals surface area contributed by atoms with Crippen LogP contribution in [0.3, 0.4) is 0 Å². The number of nitrogens with two attached hydrogens (primary N) is 1. The molecular formula is C7H5F3N4. The number of hydrogen-bond acceptors (Lipinski definition) is 3. The van der Waals surface area contributed by atoms with Crippen molar-refractivity contribution in [3.8, 4) is 0 Å². The number of alkyl halides is 3. The molecule has 0 saturated heterocycles. The lowest BCUT2D eigenvalue weighted by Gasteiger charge is -2.05. The lowest BCUT2D eigenvalue weighted by molar-refractivity contribution is -0.136. The fraction of sp³-hybridized carbons (Fsp3) is 0.143. The topological polar surface area (TPSA) is 56.2 Å². The molecule has 74 valence electrons. The molecule has 2 aromatic rings. The number of rotatable bonds is 0. The van der Waals surface area contributed by atoms with Crippen molar-refractivity contribution in [2.24, 2.45) is 0 Å². The molecule has 4 nitrogen and oxygen atoms in total. The van der Waals surface area contributed by atoms with Gasteiger partial charge in [-0.15, -0.1) is 0 Å². The van der Waals surface area contributed by atoms with E-state index in [1.165, 1.54) is 6.20 Å². The largest absolute Gasteiger partial charge is 0.418 e. The molecule has 2 rings (SSSR count). The first-order valence-electron chi connectivity index (χ1n) is 3.65. The molecule has 0 aliphatic carbocycles. The predicted octanol–water partition coefficient (Wildman–Crippen LogP) is 1.33. The van der Waals surface area contributed by atoms with Crippen LogP contribution in [-0.4, -0.2) is 14.6 Å². The Balaban J connectivity index is 2.80. The van der Waals surface area contributed by atoms with E-state index >= 15 is 0 Å². The molecule has 7 heteroatoms. The molecule has 2 aromatic heterocycles. The number of halogens is 3. The number of anilines is 1. The first-order chi connectivity index (χ1) is 6.50. The Labute approximate surface area is 76.2 Å². The van der Waals surface area contributed by atoms with Gasteiger partial charge in [-0.25, -0.2) is 9.50 Å². The Kier molecular flexibility index (Phi) is 1.63. The number of nitrogen functional groups attached to an aromatic ring is 1. The van der Waals surface area contributed by atoms with Crippen LogP contribution in [0, 0.1) is 0 Å². The summed E-state index contributed by atoms with van der Waals surface area (Å²) in [5.74, 6) is -0.183. The van der Waals surface area contributed by atoms with Crippen molar-refractivity contribution in [3.63, 3.8) is 0 Å². The van der Waals surface area contributed by atoms with Crippen LogP contribution in [-0.2, 0) is 6.18 Å². The average Bonchev–Trinajstić information content (AvgIpc) is 2.47. The van der Waals surface area contributed by atoms with Gasteiger partial charge in [-0.05, 0) is 6.07 Å². The highest BCUT2D eigenvalue weighted by molar-refractivity contribution is 5.70. The number of aromatic nitrogens is 3. The lowest BCUT2D eigenvalue weighted by Crippen LogP contribution is -2.07. The van der Waals surface area contributed by atoms with Gasteiger partial charge in [-0.3, -0.25) is 0 Å². The van der Waals surface area contributed by atoms with E-state index in [2.05, 4.69) is 10.1 Å². The predicted molar refractivity (Wildman–Crippen MR) is 42.4 cm³/mol. The van der Waals surface area contributed by atoms with Gasteiger partial charge in [-0.2, -0.15) is 18.3 Å².